The number of hydrogen-bond acceptors (Lipinski definition) is 5. The molecule has 0 amide bonds. The number of furan rings is 1. The molecule has 0 aliphatic carbocycles. The Hall–Kier alpha value is -3.08. The first kappa shape index (κ1) is 14.8. The zero-order valence-electron chi connectivity index (χ0n) is 12.7. The molecule has 5 nitrogen and oxygen atoms in total. The van der Waals surface area contributed by atoms with Crippen LogP contribution in [-0.2, 0) is 0 Å². The van der Waals surface area contributed by atoms with E-state index in [1.807, 2.05) is 0 Å². The van der Waals surface area contributed by atoms with Crippen LogP contribution < -0.4 is 9.47 Å². The predicted molar refractivity (Wildman–Crippen MR) is 86.0 cm³/mol. The van der Waals surface area contributed by atoms with Crippen LogP contribution in [0.1, 0.15) is 0 Å². The number of rotatable bonds is 4. The number of aromatic hydroxyl groups is 2. The second-order valence-corrected chi connectivity index (χ2v) is 4.91. The van der Waals surface area contributed by atoms with Crippen LogP contribution in [0.15, 0.2) is 53.3 Å². The monoisotopic (exact) mass is 312 g/mol. The Morgan fingerprint density at radius 1 is 0.696 bits per heavy atom. The molecule has 0 unspecified atom stereocenters. The third-order valence-corrected chi connectivity index (χ3v) is 3.68. The second-order valence-electron chi connectivity index (χ2n) is 4.91. The third-order valence-electron chi connectivity index (χ3n) is 3.68. The fourth-order valence-electron chi connectivity index (χ4n) is 2.52. The van der Waals surface area contributed by atoms with E-state index in [1.165, 1.54) is 26.7 Å². The van der Waals surface area contributed by atoms with E-state index in [9.17, 15) is 10.2 Å². The quantitative estimate of drug-likeness (QED) is 0.760. The fourth-order valence-corrected chi connectivity index (χ4v) is 2.52. The molecule has 3 rings (SSSR count). The number of methoxy groups -OCH3 is 2. The highest BCUT2D eigenvalue weighted by molar-refractivity contribution is 5.88. The zero-order chi connectivity index (χ0) is 16.4. The van der Waals surface area contributed by atoms with Crippen molar-refractivity contribution in [3.8, 4) is 45.3 Å². The minimum Gasteiger partial charge on any atom is -0.504 e. The maximum atomic E-state index is 10.3. The summed E-state index contributed by atoms with van der Waals surface area (Å²) in [6.45, 7) is 0. The van der Waals surface area contributed by atoms with Crippen molar-refractivity contribution < 1.29 is 24.1 Å². The van der Waals surface area contributed by atoms with Crippen molar-refractivity contribution in [1.82, 2.24) is 0 Å². The molecule has 118 valence electrons. The second kappa shape index (κ2) is 5.96. The van der Waals surface area contributed by atoms with Crippen LogP contribution >= 0.6 is 0 Å². The van der Waals surface area contributed by atoms with Gasteiger partial charge in [0, 0.05) is 22.3 Å². The molecule has 0 spiro atoms. The Morgan fingerprint density at radius 3 is 1.52 bits per heavy atom. The average Bonchev–Trinajstić information content (AvgIpc) is 3.04. The smallest absolute Gasteiger partial charge is 0.165 e. The molecule has 0 saturated carbocycles. The molecule has 1 heterocycles. The number of para-hydroxylation sites is 2. The molecule has 0 fully saturated rings. The largest absolute Gasteiger partial charge is 0.504 e. The number of hydrogen-bond donors (Lipinski definition) is 2. The lowest BCUT2D eigenvalue weighted by atomic mass is 9.97. The molecule has 3 aromatic rings. The highest BCUT2D eigenvalue weighted by atomic mass is 16.5. The Bertz CT molecular complexity index is 767. The van der Waals surface area contributed by atoms with Gasteiger partial charge in [-0.2, -0.15) is 0 Å². The highest BCUT2D eigenvalue weighted by Gasteiger charge is 2.19. The number of ether oxygens (including phenoxy) is 2. The Morgan fingerprint density at radius 2 is 1.13 bits per heavy atom. The first-order valence-electron chi connectivity index (χ1n) is 6.96. The van der Waals surface area contributed by atoms with E-state index in [2.05, 4.69) is 0 Å². The van der Waals surface area contributed by atoms with Crippen LogP contribution in [0.2, 0.25) is 0 Å². The van der Waals surface area contributed by atoms with Crippen molar-refractivity contribution in [1.29, 1.82) is 0 Å². The van der Waals surface area contributed by atoms with Gasteiger partial charge < -0.3 is 24.1 Å². The van der Waals surface area contributed by atoms with Gasteiger partial charge in [-0.3, -0.25) is 0 Å². The first-order valence-corrected chi connectivity index (χ1v) is 6.96. The maximum Gasteiger partial charge on any atom is 0.165 e. The maximum absolute atomic E-state index is 10.3. The fraction of sp³-hybridized carbons (Fsp3) is 0.111. The molecule has 0 aliphatic heterocycles. The number of benzene rings is 2. The minimum atomic E-state index is 0.0139. The van der Waals surface area contributed by atoms with E-state index in [0.717, 1.165) is 0 Å². The van der Waals surface area contributed by atoms with Gasteiger partial charge in [-0.25, -0.2) is 0 Å². The summed E-state index contributed by atoms with van der Waals surface area (Å²) in [4.78, 5) is 0. The van der Waals surface area contributed by atoms with Gasteiger partial charge in [-0.1, -0.05) is 24.3 Å². The summed E-state index contributed by atoms with van der Waals surface area (Å²) in [5.41, 5.74) is 2.39. The van der Waals surface area contributed by atoms with Crippen molar-refractivity contribution in [3.05, 3.63) is 48.9 Å². The van der Waals surface area contributed by atoms with Crippen molar-refractivity contribution in [2.75, 3.05) is 14.2 Å². The molecule has 2 aromatic carbocycles. The summed E-state index contributed by atoms with van der Waals surface area (Å²) < 4.78 is 15.6. The summed E-state index contributed by atoms with van der Waals surface area (Å²) in [6, 6.07) is 10.4. The van der Waals surface area contributed by atoms with Crippen molar-refractivity contribution in [3.63, 3.8) is 0 Å². The zero-order valence-corrected chi connectivity index (χ0v) is 12.7. The van der Waals surface area contributed by atoms with E-state index in [4.69, 9.17) is 13.9 Å². The van der Waals surface area contributed by atoms with Gasteiger partial charge in [0.15, 0.2) is 23.0 Å². The van der Waals surface area contributed by atoms with Crippen LogP contribution in [-0.4, -0.2) is 24.4 Å². The molecule has 0 saturated heterocycles. The minimum absolute atomic E-state index is 0.0139. The molecule has 0 atom stereocenters. The summed E-state index contributed by atoms with van der Waals surface area (Å²) in [6.07, 6.45) is 3.03. The van der Waals surface area contributed by atoms with Crippen molar-refractivity contribution in [2.45, 2.75) is 0 Å². The topological polar surface area (TPSA) is 72.1 Å². The average molecular weight is 312 g/mol. The molecule has 1 aromatic heterocycles. The first-order chi connectivity index (χ1) is 11.2. The molecule has 23 heavy (non-hydrogen) atoms. The van der Waals surface area contributed by atoms with Gasteiger partial charge in [-0.15, -0.1) is 0 Å². The van der Waals surface area contributed by atoms with Crippen LogP contribution in [0.4, 0.5) is 0 Å². The van der Waals surface area contributed by atoms with Crippen LogP contribution in [0.5, 0.6) is 23.0 Å². The van der Waals surface area contributed by atoms with Gasteiger partial charge >= 0.3 is 0 Å². The Kier molecular flexibility index (Phi) is 3.85. The van der Waals surface area contributed by atoms with E-state index in [-0.39, 0.29) is 11.5 Å². The van der Waals surface area contributed by atoms with Crippen molar-refractivity contribution >= 4 is 0 Å². The lowest BCUT2D eigenvalue weighted by Gasteiger charge is -2.11. The lowest BCUT2D eigenvalue weighted by Crippen LogP contribution is -1.88. The Balaban J connectivity index is 2.19. The van der Waals surface area contributed by atoms with Crippen molar-refractivity contribution in [2.24, 2.45) is 0 Å². The van der Waals surface area contributed by atoms with Crippen LogP contribution in [0, 0.1) is 0 Å². The van der Waals surface area contributed by atoms with E-state index in [1.54, 1.807) is 36.4 Å². The molecule has 0 radical (unpaired) electrons. The molecule has 0 aliphatic rings. The summed E-state index contributed by atoms with van der Waals surface area (Å²) in [7, 11) is 2.98. The van der Waals surface area contributed by atoms with Gasteiger partial charge in [0.05, 0.1) is 26.7 Å². The number of phenolic OH excluding ortho intramolecular Hbond substituents is 2. The van der Waals surface area contributed by atoms with Gasteiger partial charge in [-0.05, 0) is 12.1 Å². The summed E-state index contributed by atoms with van der Waals surface area (Å²) in [5.74, 6) is 0.758. The van der Waals surface area contributed by atoms with E-state index >= 15 is 0 Å². The normalized spacial score (nSPS) is 10.5. The SMILES string of the molecule is COc1cccc(-c2cocc2-c2cccc(OC)c2O)c1O. The third kappa shape index (κ3) is 2.46. The van der Waals surface area contributed by atoms with Crippen LogP contribution in [0.3, 0.4) is 0 Å². The Labute approximate surface area is 133 Å². The van der Waals surface area contributed by atoms with E-state index < -0.39 is 0 Å². The standard InChI is InChI=1S/C18H16O5/c1-21-15-7-3-5-11(17(15)19)13-9-23-10-14(13)12-6-4-8-16(22-2)18(12)20/h3-10,19-20H,1-2H3. The summed E-state index contributed by atoms with van der Waals surface area (Å²) >= 11 is 0. The summed E-state index contributed by atoms with van der Waals surface area (Å²) in [5, 5.41) is 20.7. The molecular formula is C18H16O5. The molecular weight excluding hydrogens is 296 g/mol. The van der Waals surface area contributed by atoms with Gasteiger partial charge in [0.1, 0.15) is 0 Å². The number of phenols is 2. The highest BCUT2D eigenvalue weighted by Crippen LogP contribution is 2.45. The van der Waals surface area contributed by atoms with Crippen LogP contribution in [0.25, 0.3) is 22.3 Å². The predicted octanol–water partition coefficient (Wildman–Crippen LogP) is 4.04. The van der Waals surface area contributed by atoms with Gasteiger partial charge in [0.25, 0.3) is 0 Å². The molecule has 0 bridgehead atoms. The lowest BCUT2D eigenvalue weighted by molar-refractivity contribution is 0.374. The van der Waals surface area contributed by atoms with E-state index in [0.29, 0.717) is 33.8 Å². The molecule has 5 heteroatoms. The van der Waals surface area contributed by atoms with Gasteiger partial charge in [0.2, 0.25) is 0 Å². The molecule has 2 N–H and O–H groups in total.